The third-order valence-corrected chi connectivity index (χ3v) is 5.23. The molecule has 7 heteroatoms. The zero-order chi connectivity index (χ0) is 15.2. The summed E-state index contributed by atoms with van der Waals surface area (Å²) >= 11 is 7.10. The van der Waals surface area contributed by atoms with Crippen LogP contribution < -0.4 is 4.72 Å². The molecule has 0 spiro atoms. The van der Waals surface area contributed by atoms with E-state index in [1.165, 1.54) is 11.8 Å². The largest absolute Gasteiger partial charge is 0.388 e. The molecule has 20 heavy (non-hydrogen) atoms. The molecule has 1 unspecified atom stereocenters. The van der Waals surface area contributed by atoms with Gasteiger partial charge >= 0.3 is 0 Å². The molecule has 1 aromatic carbocycles. The molecule has 0 aliphatic heterocycles. The lowest BCUT2D eigenvalue weighted by atomic mass is 10.1. The Balaban J connectivity index is 2.73. The average Bonchev–Trinajstić information content (AvgIpc) is 2.38. The fourth-order valence-electron chi connectivity index (χ4n) is 1.64. The number of aryl methyl sites for hydroxylation is 1. The first kappa shape index (κ1) is 17.8. The topological polar surface area (TPSA) is 66.4 Å². The Morgan fingerprint density at radius 1 is 1.35 bits per heavy atom. The van der Waals surface area contributed by atoms with Gasteiger partial charge in [-0.05, 0) is 37.3 Å². The summed E-state index contributed by atoms with van der Waals surface area (Å²) < 4.78 is 26.6. The normalized spacial score (nSPS) is 15.0. The van der Waals surface area contributed by atoms with Gasteiger partial charge in [0, 0.05) is 18.2 Å². The molecule has 0 aliphatic carbocycles. The second-order valence-corrected chi connectivity index (χ2v) is 7.85. The van der Waals surface area contributed by atoms with Crippen LogP contribution in [0.5, 0.6) is 0 Å². The second kappa shape index (κ2) is 7.66. The van der Waals surface area contributed by atoms with Crippen LogP contribution in [0.15, 0.2) is 29.2 Å². The molecule has 4 nitrogen and oxygen atoms in total. The molecule has 2 N–H and O–H groups in total. The predicted octanol–water partition coefficient (Wildman–Crippen LogP) is 1.86. The van der Waals surface area contributed by atoms with E-state index in [0.717, 1.165) is 5.56 Å². The molecular weight excluding hydrogens is 318 g/mol. The monoisotopic (exact) mass is 337 g/mol. The standard InChI is InChI=1S/C13H20ClNO3S2/c1-13(16,10-19-2)9-15-20(17,18)12-5-3-11(4-6-12)7-8-14/h3-6,15-16H,7-10H2,1-2H3. The van der Waals surface area contributed by atoms with Gasteiger partial charge in [0.25, 0.3) is 0 Å². The molecule has 0 heterocycles. The first-order valence-corrected chi connectivity index (χ1v) is 9.58. The van der Waals surface area contributed by atoms with E-state index < -0.39 is 15.6 Å². The van der Waals surface area contributed by atoms with Crippen molar-refractivity contribution in [2.75, 3.05) is 24.4 Å². The van der Waals surface area contributed by atoms with E-state index in [9.17, 15) is 13.5 Å². The van der Waals surface area contributed by atoms with Gasteiger partial charge in [0.2, 0.25) is 10.0 Å². The Bertz CT molecular complexity index is 515. The lowest BCUT2D eigenvalue weighted by molar-refractivity contribution is 0.0908. The van der Waals surface area contributed by atoms with Crippen LogP contribution >= 0.6 is 23.4 Å². The molecule has 0 aromatic heterocycles. The minimum absolute atomic E-state index is 0.0143. The molecule has 0 radical (unpaired) electrons. The van der Waals surface area contributed by atoms with Crippen molar-refractivity contribution < 1.29 is 13.5 Å². The van der Waals surface area contributed by atoms with E-state index in [1.54, 1.807) is 31.2 Å². The minimum Gasteiger partial charge on any atom is -0.388 e. The van der Waals surface area contributed by atoms with E-state index in [4.69, 9.17) is 11.6 Å². The molecule has 1 rings (SSSR count). The number of thioether (sulfide) groups is 1. The van der Waals surface area contributed by atoms with Gasteiger partial charge in [-0.3, -0.25) is 0 Å². The van der Waals surface area contributed by atoms with Crippen molar-refractivity contribution in [2.45, 2.75) is 23.8 Å². The van der Waals surface area contributed by atoms with Crippen LogP contribution in [0.2, 0.25) is 0 Å². The van der Waals surface area contributed by atoms with Crippen LogP contribution in [0.3, 0.4) is 0 Å². The summed E-state index contributed by atoms with van der Waals surface area (Å²) in [5, 5.41) is 9.98. The van der Waals surface area contributed by atoms with Gasteiger partial charge in [0.1, 0.15) is 0 Å². The summed E-state index contributed by atoms with van der Waals surface area (Å²) in [6, 6.07) is 6.59. The van der Waals surface area contributed by atoms with Gasteiger partial charge in [-0.2, -0.15) is 11.8 Å². The van der Waals surface area contributed by atoms with Crippen LogP contribution in [-0.2, 0) is 16.4 Å². The van der Waals surface area contributed by atoms with Crippen molar-refractivity contribution in [2.24, 2.45) is 0 Å². The molecule has 0 saturated carbocycles. The number of benzene rings is 1. The number of aliphatic hydroxyl groups is 1. The maximum Gasteiger partial charge on any atom is 0.240 e. The minimum atomic E-state index is -3.60. The maximum absolute atomic E-state index is 12.1. The second-order valence-electron chi connectivity index (χ2n) is 4.84. The van der Waals surface area contributed by atoms with E-state index in [1.807, 2.05) is 6.26 Å². The summed E-state index contributed by atoms with van der Waals surface area (Å²) in [5.74, 6) is 0.964. The van der Waals surface area contributed by atoms with Crippen molar-refractivity contribution in [1.82, 2.24) is 4.72 Å². The number of sulfonamides is 1. The van der Waals surface area contributed by atoms with Crippen molar-refractivity contribution in [1.29, 1.82) is 0 Å². The molecule has 0 amide bonds. The third kappa shape index (κ3) is 5.61. The number of alkyl halides is 1. The van der Waals surface area contributed by atoms with E-state index >= 15 is 0 Å². The quantitative estimate of drug-likeness (QED) is 0.711. The number of hydrogen-bond donors (Lipinski definition) is 2. The van der Waals surface area contributed by atoms with Gasteiger partial charge in [0.05, 0.1) is 10.5 Å². The Kier molecular flexibility index (Phi) is 6.81. The molecule has 114 valence electrons. The van der Waals surface area contributed by atoms with Crippen molar-refractivity contribution in [3.8, 4) is 0 Å². The molecule has 1 atom stereocenters. The third-order valence-electron chi connectivity index (χ3n) is 2.72. The number of halogens is 1. The summed E-state index contributed by atoms with van der Waals surface area (Å²) in [7, 11) is -3.60. The summed E-state index contributed by atoms with van der Waals surface area (Å²) in [5.41, 5.74) is -0.0706. The van der Waals surface area contributed by atoms with Crippen molar-refractivity contribution in [3.05, 3.63) is 29.8 Å². The van der Waals surface area contributed by atoms with Crippen molar-refractivity contribution in [3.63, 3.8) is 0 Å². The van der Waals surface area contributed by atoms with Crippen LogP contribution in [0.25, 0.3) is 0 Å². The molecule has 1 aromatic rings. The van der Waals surface area contributed by atoms with Gasteiger partial charge < -0.3 is 5.11 Å². The van der Waals surface area contributed by atoms with Crippen LogP contribution in [0.4, 0.5) is 0 Å². The Morgan fingerprint density at radius 3 is 2.45 bits per heavy atom. The van der Waals surface area contributed by atoms with Gasteiger partial charge in [0.15, 0.2) is 0 Å². The zero-order valence-electron chi connectivity index (χ0n) is 11.6. The van der Waals surface area contributed by atoms with Gasteiger partial charge in [-0.15, -0.1) is 11.6 Å². The summed E-state index contributed by atoms with van der Waals surface area (Å²) in [6.07, 6.45) is 2.57. The first-order valence-electron chi connectivity index (χ1n) is 6.16. The number of hydrogen-bond acceptors (Lipinski definition) is 4. The molecule has 0 saturated heterocycles. The van der Waals surface area contributed by atoms with Crippen molar-refractivity contribution >= 4 is 33.4 Å². The summed E-state index contributed by atoms with van der Waals surface area (Å²) in [6.45, 7) is 1.59. The van der Waals surface area contributed by atoms with E-state index in [-0.39, 0.29) is 11.4 Å². The molecular formula is C13H20ClNO3S2. The Hall–Kier alpha value is -0.270. The molecule has 0 aliphatic rings. The highest BCUT2D eigenvalue weighted by Gasteiger charge is 2.23. The first-order chi connectivity index (χ1) is 9.30. The predicted molar refractivity (Wildman–Crippen MR) is 85.1 cm³/mol. The SMILES string of the molecule is CSCC(C)(O)CNS(=O)(=O)c1ccc(CCCl)cc1. The molecule has 0 bridgehead atoms. The highest BCUT2D eigenvalue weighted by Crippen LogP contribution is 2.14. The number of rotatable bonds is 8. The van der Waals surface area contributed by atoms with E-state index in [2.05, 4.69) is 4.72 Å². The van der Waals surface area contributed by atoms with Gasteiger partial charge in [-0.1, -0.05) is 12.1 Å². The molecule has 0 fully saturated rings. The van der Waals surface area contributed by atoms with Crippen LogP contribution in [-0.4, -0.2) is 43.6 Å². The Labute approximate surface area is 130 Å². The fourth-order valence-corrected chi connectivity index (χ4v) is 3.74. The smallest absolute Gasteiger partial charge is 0.240 e. The summed E-state index contributed by atoms with van der Waals surface area (Å²) in [4.78, 5) is 0.191. The Morgan fingerprint density at radius 2 is 1.95 bits per heavy atom. The average molecular weight is 338 g/mol. The lowest BCUT2D eigenvalue weighted by Gasteiger charge is -2.22. The highest BCUT2D eigenvalue weighted by molar-refractivity contribution is 7.98. The maximum atomic E-state index is 12.1. The van der Waals surface area contributed by atoms with E-state index in [0.29, 0.717) is 18.1 Å². The highest BCUT2D eigenvalue weighted by atomic mass is 35.5. The number of nitrogens with one attached hydrogen (secondary N) is 1. The lowest BCUT2D eigenvalue weighted by Crippen LogP contribution is -2.42. The fraction of sp³-hybridized carbons (Fsp3) is 0.538. The van der Waals surface area contributed by atoms with Crippen LogP contribution in [0, 0.1) is 0 Å². The zero-order valence-corrected chi connectivity index (χ0v) is 14.0. The van der Waals surface area contributed by atoms with Gasteiger partial charge in [-0.25, -0.2) is 13.1 Å². The van der Waals surface area contributed by atoms with Crippen LogP contribution in [0.1, 0.15) is 12.5 Å².